The second-order valence-corrected chi connectivity index (χ2v) is 4.35. The van der Waals surface area contributed by atoms with Crippen molar-refractivity contribution in [2.24, 2.45) is 5.73 Å². The zero-order valence-corrected chi connectivity index (χ0v) is 7.77. The molecule has 0 radical (unpaired) electrons. The van der Waals surface area contributed by atoms with E-state index in [0.29, 0.717) is 6.42 Å². The molecule has 0 fully saturated rings. The number of aliphatic carboxylic acids is 1. The molecule has 0 aromatic heterocycles. The SMILES string of the molecule is CC(C)(S)[C@H](N)CCC(=O)O. The van der Waals surface area contributed by atoms with Gasteiger partial charge in [0.2, 0.25) is 0 Å². The zero-order chi connectivity index (χ0) is 9.07. The fourth-order valence-corrected chi connectivity index (χ4v) is 0.761. The smallest absolute Gasteiger partial charge is 0.303 e. The Balaban J connectivity index is 3.70. The van der Waals surface area contributed by atoms with Gasteiger partial charge in [-0.15, -0.1) is 0 Å². The van der Waals surface area contributed by atoms with Crippen molar-refractivity contribution in [3.05, 3.63) is 0 Å². The normalized spacial score (nSPS) is 14.5. The summed E-state index contributed by atoms with van der Waals surface area (Å²) in [6.07, 6.45) is 0.594. The van der Waals surface area contributed by atoms with E-state index in [1.165, 1.54) is 0 Å². The second-order valence-electron chi connectivity index (χ2n) is 3.19. The number of thiol groups is 1. The molecule has 0 amide bonds. The summed E-state index contributed by atoms with van der Waals surface area (Å²) in [6, 6.07) is -0.165. The van der Waals surface area contributed by atoms with Gasteiger partial charge in [0, 0.05) is 17.2 Å². The standard InChI is InChI=1S/C7H15NO2S/c1-7(2,11)5(8)3-4-6(9)10/h5,11H,3-4,8H2,1-2H3,(H,9,10)/t5-/m1/s1. The number of nitrogens with two attached hydrogens (primary N) is 1. The topological polar surface area (TPSA) is 63.3 Å². The van der Waals surface area contributed by atoms with Crippen molar-refractivity contribution in [3.8, 4) is 0 Å². The van der Waals surface area contributed by atoms with E-state index in [1.54, 1.807) is 0 Å². The summed E-state index contributed by atoms with van der Waals surface area (Å²) >= 11 is 4.23. The average molecular weight is 177 g/mol. The van der Waals surface area contributed by atoms with Crippen LogP contribution in [0.15, 0.2) is 0 Å². The van der Waals surface area contributed by atoms with Crippen molar-refractivity contribution in [2.75, 3.05) is 0 Å². The highest BCUT2D eigenvalue weighted by atomic mass is 32.1. The number of carbonyl (C=O) groups is 1. The van der Waals surface area contributed by atoms with E-state index in [2.05, 4.69) is 12.6 Å². The Morgan fingerprint density at radius 2 is 2.18 bits per heavy atom. The van der Waals surface area contributed by atoms with E-state index < -0.39 is 5.97 Å². The minimum absolute atomic E-state index is 0.116. The third kappa shape index (κ3) is 5.09. The minimum atomic E-state index is -0.807. The first-order valence-corrected chi connectivity index (χ1v) is 3.98. The molecule has 11 heavy (non-hydrogen) atoms. The maximum absolute atomic E-state index is 10.2. The molecule has 0 aromatic rings. The molecule has 0 rings (SSSR count). The molecule has 0 bridgehead atoms. The van der Waals surface area contributed by atoms with Crippen molar-refractivity contribution in [2.45, 2.75) is 37.5 Å². The third-order valence-corrected chi connectivity index (χ3v) is 1.91. The van der Waals surface area contributed by atoms with E-state index in [4.69, 9.17) is 10.8 Å². The Morgan fingerprint density at radius 3 is 2.45 bits per heavy atom. The summed E-state index contributed by atoms with van der Waals surface area (Å²) in [4.78, 5) is 10.2. The number of carboxylic acids is 1. The molecule has 0 unspecified atom stereocenters. The fraction of sp³-hybridized carbons (Fsp3) is 0.857. The first-order valence-electron chi connectivity index (χ1n) is 3.54. The number of carboxylic acid groups (broad SMARTS) is 1. The molecule has 3 nitrogen and oxygen atoms in total. The molecule has 0 aromatic carbocycles. The Morgan fingerprint density at radius 1 is 1.73 bits per heavy atom. The van der Waals surface area contributed by atoms with Gasteiger partial charge in [0.15, 0.2) is 0 Å². The number of hydrogen-bond donors (Lipinski definition) is 3. The van der Waals surface area contributed by atoms with Gasteiger partial charge in [0.25, 0.3) is 0 Å². The van der Waals surface area contributed by atoms with Gasteiger partial charge in [-0.3, -0.25) is 4.79 Å². The molecule has 0 aliphatic heterocycles. The van der Waals surface area contributed by atoms with Crippen LogP contribution in [0.5, 0.6) is 0 Å². The van der Waals surface area contributed by atoms with Crippen LogP contribution in [0.1, 0.15) is 26.7 Å². The summed E-state index contributed by atoms with van der Waals surface area (Å²) in [7, 11) is 0. The molecule has 3 N–H and O–H groups in total. The van der Waals surface area contributed by atoms with Gasteiger partial charge in [-0.2, -0.15) is 12.6 Å². The first-order chi connectivity index (χ1) is 4.84. The minimum Gasteiger partial charge on any atom is -0.481 e. The molecule has 0 saturated heterocycles. The largest absolute Gasteiger partial charge is 0.481 e. The van der Waals surface area contributed by atoms with Crippen LogP contribution in [0, 0.1) is 0 Å². The van der Waals surface area contributed by atoms with Crippen LogP contribution in [0.4, 0.5) is 0 Å². The van der Waals surface area contributed by atoms with Gasteiger partial charge in [-0.05, 0) is 20.3 Å². The molecule has 0 heterocycles. The van der Waals surface area contributed by atoms with Gasteiger partial charge in [-0.25, -0.2) is 0 Å². The monoisotopic (exact) mass is 177 g/mol. The van der Waals surface area contributed by atoms with Gasteiger partial charge in [0.05, 0.1) is 0 Å². The van der Waals surface area contributed by atoms with Gasteiger partial charge < -0.3 is 10.8 Å². The summed E-state index contributed by atoms with van der Waals surface area (Å²) in [5.74, 6) is -0.807. The molecule has 0 aliphatic rings. The highest BCUT2D eigenvalue weighted by Crippen LogP contribution is 2.18. The van der Waals surface area contributed by atoms with E-state index in [1.807, 2.05) is 13.8 Å². The van der Waals surface area contributed by atoms with E-state index >= 15 is 0 Å². The molecule has 1 atom stereocenters. The lowest BCUT2D eigenvalue weighted by Gasteiger charge is -2.25. The van der Waals surface area contributed by atoms with E-state index in [9.17, 15) is 4.79 Å². The Kier molecular flexibility index (Phi) is 3.89. The second kappa shape index (κ2) is 3.97. The summed E-state index contributed by atoms with van der Waals surface area (Å²) < 4.78 is -0.296. The quantitative estimate of drug-likeness (QED) is 0.559. The van der Waals surface area contributed by atoms with Crippen LogP contribution in [-0.2, 0) is 4.79 Å². The van der Waals surface area contributed by atoms with Crippen molar-refractivity contribution < 1.29 is 9.90 Å². The molecule has 0 aliphatic carbocycles. The van der Waals surface area contributed by atoms with Crippen LogP contribution < -0.4 is 5.73 Å². The fourth-order valence-electron chi connectivity index (χ4n) is 0.632. The molecular formula is C7H15NO2S. The van der Waals surface area contributed by atoms with Gasteiger partial charge in [-0.1, -0.05) is 0 Å². The maximum atomic E-state index is 10.2. The van der Waals surface area contributed by atoms with Crippen LogP contribution in [-0.4, -0.2) is 21.9 Å². The molecule has 66 valence electrons. The van der Waals surface area contributed by atoms with Crippen molar-refractivity contribution in [3.63, 3.8) is 0 Å². The first kappa shape index (κ1) is 10.8. The molecular weight excluding hydrogens is 162 g/mol. The zero-order valence-electron chi connectivity index (χ0n) is 6.87. The van der Waals surface area contributed by atoms with Crippen molar-refractivity contribution in [1.82, 2.24) is 0 Å². The highest BCUT2D eigenvalue weighted by molar-refractivity contribution is 7.81. The summed E-state index contributed by atoms with van der Waals surface area (Å²) in [5.41, 5.74) is 5.66. The Bertz CT molecular complexity index is 142. The average Bonchev–Trinajstić information content (AvgIpc) is 1.80. The van der Waals surface area contributed by atoms with Gasteiger partial charge in [0.1, 0.15) is 0 Å². The molecule has 0 spiro atoms. The highest BCUT2D eigenvalue weighted by Gasteiger charge is 2.21. The maximum Gasteiger partial charge on any atom is 0.303 e. The lowest BCUT2D eigenvalue weighted by molar-refractivity contribution is -0.137. The van der Waals surface area contributed by atoms with E-state index in [-0.39, 0.29) is 17.2 Å². The Hall–Kier alpha value is -0.220. The summed E-state index contributed by atoms with van der Waals surface area (Å²) in [6.45, 7) is 3.76. The number of rotatable bonds is 4. The lowest BCUT2D eigenvalue weighted by atomic mass is 9.99. The van der Waals surface area contributed by atoms with E-state index in [0.717, 1.165) is 0 Å². The summed E-state index contributed by atoms with van der Waals surface area (Å²) in [5, 5.41) is 8.35. The molecule has 4 heteroatoms. The third-order valence-electron chi connectivity index (χ3n) is 1.58. The van der Waals surface area contributed by atoms with Crippen molar-refractivity contribution in [1.29, 1.82) is 0 Å². The lowest BCUT2D eigenvalue weighted by Crippen LogP contribution is -2.38. The predicted octanol–water partition coefficient (Wildman–Crippen LogP) is 0.887. The number of hydrogen-bond acceptors (Lipinski definition) is 3. The van der Waals surface area contributed by atoms with Crippen LogP contribution in [0.3, 0.4) is 0 Å². The Labute approximate surface area is 72.4 Å². The molecule has 0 saturated carbocycles. The van der Waals surface area contributed by atoms with Crippen molar-refractivity contribution >= 4 is 18.6 Å². The van der Waals surface area contributed by atoms with Gasteiger partial charge >= 0.3 is 5.97 Å². The van der Waals surface area contributed by atoms with Crippen LogP contribution >= 0.6 is 12.6 Å². The van der Waals surface area contributed by atoms with Crippen LogP contribution in [0.2, 0.25) is 0 Å². The predicted molar refractivity (Wildman–Crippen MR) is 47.9 cm³/mol. The van der Waals surface area contributed by atoms with Crippen LogP contribution in [0.25, 0.3) is 0 Å².